The Kier molecular flexibility index (Phi) is 8.96. The molecule has 9 heteroatoms. The molecule has 0 radical (unpaired) electrons. The number of nitrogens with zero attached hydrogens (tertiary/aromatic N) is 2. The van der Waals surface area contributed by atoms with Gasteiger partial charge in [-0.3, -0.25) is 19.8 Å². The molecule has 1 heterocycles. The smallest absolute Gasteiger partial charge is 0.305 e. The van der Waals surface area contributed by atoms with Gasteiger partial charge in [-0.1, -0.05) is 6.92 Å². The van der Waals surface area contributed by atoms with Gasteiger partial charge in [-0.2, -0.15) is 0 Å². The van der Waals surface area contributed by atoms with Crippen molar-refractivity contribution in [3.63, 3.8) is 0 Å². The second-order valence-electron chi connectivity index (χ2n) is 6.74. The van der Waals surface area contributed by atoms with Gasteiger partial charge in [0.2, 0.25) is 0 Å². The SMILES string of the molecule is COC(=O)CC(C)COc1cc([N+](=O)[O-])ccc1OCCCN1CCOCC1. The number of methoxy groups -OCH3 is 1. The van der Waals surface area contributed by atoms with E-state index in [2.05, 4.69) is 9.64 Å². The summed E-state index contributed by atoms with van der Waals surface area (Å²) in [6, 6.07) is 4.29. The van der Waals surface area contributed by atoms with E-state index in [0.29, 0.717) is 18.1 Å². The normalized spacial score (nSPS) is 15.6. The first-order chi connectivity index (χ1) is 13.5. The van der Waals surface area contributed by atoms with E-state index >= 15 is 0 Å². The van der Waals surface area contributed by atoms with Gasteiger partial charge in [-0.25, -0.2) is 0 Å². The summed E-state index contributed by atoms with van der Waals surface area (Å²) in [5, 5.41) is 11.1. The lowest BCUT2D eigenvalue weighted by atomic mass is 10.1. The number of ether oxygens (including phenoxy) is 4. The Morgan fingerprint density at radius 3 is 2.71 bits per heavy atom. The first-order valence-electron chi connectivity index (χ1n) is 9.40. The van der Waals surface area contributed by atoms with Crippen LogP contribution < -0.4 is 9.47 Å². The van der Waals surface area contributed by atoms with Gasteiger partial charge in [0.15, 0.2) is 11.5 Å². The fourth-order valence-electron chi connectivity index (χ4n) is 2.80. The number of nitro benzene ring substituents is 1. The predicted molar refractivity (Wildman–Crippen MR) is 102 cm³/mol. The first-order valence-corrected chi connectivity index (χ1v) is 9.40. The lowest BCUT2D eigenvalue weighted by Crippen LogP contribution is -2.37. The predicted octanol–water partition coefficient (Wildman–Crippen LogP) is 2.27. The van der Waals surface area contributed by atoms with E-state index < -0.39 is 4.92 Å². The first kappa shape index (κ1) is 21.9. The minimum atomic E-state index is -0.479. The summed E-state index contributed by atoms with van der Waals surface area (Å²) in [6.07, 6.45) is 1.04. The van der Waals surface area contributed by atoms with Gasteiger partial charge in [0.05, 0.1) is 50.9 Å². The van der Waals surface area contributed by atoms with Crippen LogP contribution in [0.1, 0.15) is 19.8 Å². The van der Waals surface area contributed by atoms with E-state index in [1.165, 1.54) is 19.2 Å². The summed E-state index contributed by atoms with van der Waals surface area (Å²) >= 11 is 0. The molecule has 1 saturated heterocycles. The topological polar surface area (TPSA) is 100 Å². The van der Waals surface area contributed by atoms with Crippen molar-refractivity contribution in [1.29, 1.82) is 0 Å². The van der Waals surface area contributed by atoms with Crippen LogP contribution in [0.25, 0.3) is 0 Å². The van der Waals surface area contributed by atoms with Gasteiger partial charge in [0, 0.05) is 31.6 Å². The van der Waals surface area contributed by atoms with Crippen molar-refractivity contribution in [3.8, 4) is 11.5 Å². The summed E-state index contributed by atoms with van der Waals surface area (Å²) in [5.41, 5.74) is -0.0729. The Bertz CT molecular complexity index is 647. The Morgan fingerprint density at radius 2 is 2.04 bits per heavy atom. The maximum Gasteiger partial charge on any atom is 0.305 e. The lowest BCUT2D eigenvalue weighted by molar-refractivity contribution is -0.385. The Hall–Kier alpha value is -2.39. The Morgan fingerprint density at radius 1 is 1.29 bits per heavy atom. The average molecular weight is 396 g/mol. The van der Waals surface area contributed by atoms with E-state index in [1.54, 1.807) is 6.07 Å². The molecular formula is C19H28N2O7. The zero-order valence-electron chi connectivity index (χ0n) is 16.4. The van der Waals surface area contributed by atoms with E-state index in [9.17, 15) is 14.9 Å². The maximum absolute atomic E-state index is 11.3. The van der Waals surface area contributed by atoms with Crippen LogP contribution in [0.3, 0.4) is 0 Å². The van der Waals surface area contributed by atoms with Gasteiger partial charge in [-0.15, -0.1) is 0 Å². The molecule has 1 aliphatic heterocycles. The van der Waals surface area contributed by atoms with Gasteiger partial charge in [0.25, 0.3) is 5.69 Å². The number of benzene rings is 1. The number of esters is 1. The summed E-state index contributed by atoms with van der Waals surface area (Å²) < 4.78 is 21.5. The number of nitro groups is 1. The van der Waals surface area contributed by atoms with Crippen molar-refractivity contribution >= 4 is 11.7 Å². The van der Waals surface area contributed by atoms with E-state index in [-0.39, 0.29) is 30.6 Å². The standard InChI is InChI=1S/C19H28N2O7/c1-15(12-19(22)25-2)14-28-18-13-16(21(23)24)4-5-17(18)27-9-3-6-20-7-10-26-11-8-20/h4-5,13,15H,3,6-12,14H2,1-2H3. The summed E-state index contributed by atoms with van der Waals surface area (Å²) in [7, 11) is 1.33. The molecule has 0 spiro atoms. The monoisotopic (exact) mass is 396 g/mol. The fraction of sp³-hybridized carbons (Fsp3) is 0.632. The molecule has 1 unspecified atom stereocenters. The minimum absolute atomic E-state index is 0.0729. The highest BCUT2D eigenvalue weighted by molar-refractivity contribution is 5.69. The highest BCUT2D eigenvalue weighted by atomic mass is 16.6. The molecule has 1 atom stereocenters. The molecule has 1 aliphatic rings. The van der Waals surface area contributed by atoms with Crippen molar-refractivity contribution in [2.75, 3.05) is 53.2 Å². The summed E-state index contributed by atoms with van der Waals surface area (Å²) in [5.74, 6) is 0.339. The van der Waals surface area contributed by atoms with E-state index in [1.807, 2.05) is 6.92 Å². The molecule has 1 aromatic rings. The number of carbonyl (C=O) groups is 1. The second kappa shape index (κ2) is 11.5. The maximum atomic E-state index is 11.3. The number of carbonyl (C=O) groups excluding carboxylic acids is 1. The summed E-state index contributed by atoms with van der Waals surface area (Å²) in [6.45, 7) is 6.80. The van der Waals surface area contributed by atoms with Crippen molar-refractivity contribution in [1.82, 2.24) is 4.90 Å². The lowest BCUT2D eigenvalue weighted by Gasteiger charge is -2.26. The third kappa shape index (κ3) is 7.32. The largest absolute Gasteiger partial charge is 0.490 e. The van der Waals surface area contributed by atoms with Gasteiger partial charge < -0.3 is 18.9 Å². The number of hydrogen-bond donors (Lipinski definition) is 0. The fourth-order valence-corrected chi connectivity index (χ4v) is 2.80. The highest BCUT2D eigenvalue weighted by Crippen LogP contribution is 2.32. The van der Waals surface area contributed by atoms with Crippen LogP contribution in [-0.2, 0) is 14.3 Å². The van der Waals surface area contributed by atoms with Crippen LogP contribution in [0.5, 0.6) is 11.5 Å². The van der Waals surface area contributed by atoms with Gasteiger partial charge in [-0.05, 0) is 12.5 Å². The minimum Gasteiger partial charge on any atom is -0.490 e. The zero-order valence-corrected chi connectivity index (χ0v) is 16.4. The third-order valence-corrected chi connectivity index (χ3v) is 4.38. The molecule has 0 aromatic heterocycles. The third-order valence-electron chi connectivity index (χ3n) is 4.38. The molecule has 0 bridgehead atoms. The van der Waals surface area contributed by atoms with Crippen LogP contribution in [0, 0.1) is 16.0 Å². The van der Waals surface area contributed by atoms with Crippen LogP contribution >= 0.6 is 0 Å². The van der Waals surface area contributed by atoms with Crippen molar-refractivity contribution in [2.24, 2.45) is 5.92 Å². The molecule has 9 nitrogen and oxygen atoms in total. The average Bonchev–Trinajstić information content (AvgIpc) is 2.70. The molecule has 28 heavy (non-hydrogen) atoms. The van der Waals surface area contributed by atoms with Crippen LogP contribution in [0.4, 0.5) is 5.69 Å². The Balaban J connectivity index is 1.90. The van der Waals surface area contributed by atoms with Crippen molar-refractivity contribution < 1.29 is 28.7 Å². The molecule has 1 fully saturated rings. The van der Waals surface area contributed by atoms with Crippen LogP contribution in [-0.4, -0.2) is 69.0 Å². The number of hydrogen-bond acceptors (Lipinski definition) is 8. The second-order valence-corrected chi connectivity index (χ2v) is 6.74. The molecule has 0 amide bonds. The van der Waals surface area contributed by atoms with Gasteiger partial charge in [0.1, 0.15) is 0 Å². The van der Waals surface area contributed by atoms with Gasteiger partial charge >= 0.3 is 5.97 Å². The zero-order chi connectivity index (χ0) is 20.4. The number of non-ortho nitro benzene ring substituents is 1. The number of rotatable bonds is 11. The molecule has 0 N–H and O–H groups in total. The molecule has 2 rings (SSSR count). The molecule has 156 valence electrons. The van der Waals surface area contributed by atoms with E-state index in [4.69, 9.17) is 14.2 Å². The quantitative estimate of drug-likeness (QED) is 0.243. The molecule has 0 aliphatic carbocycles. The molecular weight excluding hydrogens is 368 g/mol. The highest BCUT2D eigenvalue weighted by Gasteiger charge is 2.16. The van der Waals surface area contributed by atoms with Crippen molar-refractivity contribution in [3.05, 3.63) is 28.3 Å². The summed E-state index contributed by atoms with van der Waals surface area (Å²) in [4.78, 5) is 24.2. The van der Waals surface area contributed by atoms with Crippen molar-refractivity contribution in [2.45, 2.75) is 19.8 Å². The Labute approximate surface area is 164 Å². The van der Waals surface area contributed by atoms with Crippen LogP contribution in [0.2, 0.25) is 0 Å². The van der Waals surface area contributed by atoms with Crippen LogP contribution in [0.15, 0.2) is 18.2 Å². The molecule has 0 saturated carbocycles. The van der Waals surface area contributed by atoms with E-state index in [0.717, 1.165) is 39.3 Å². The number of morpholine rings is 1. The molecule has 1 aromatic carbocycles.